The second-order valence-corrected chi connectivity index (χ2v) is 12.9. The quantitative estimate of drug-likeness (QED) is 0.258. The van der Waals surface area contributed by atoms with Gasteiger partial charge in [0, 0.05) is 42.8 Å². The van der Waals surface area contributed by atoms with E-state index in [0.717, 1.165) is 105 Å². The smallest absolute Gasteiger partial charge is 0.224 e. The predicted molar refractivity (Wildman–Crippen MR) is 167 cm³/mol. The Balaban J connectivity index is 1.15. The third-order valence-electron chi connectivity index (χ3n) is 9.99. The van der Waals surface area contributed by atoms with E-state index in [4.69, 9.17) is 9.97 Å². The maximum atomic E-state index is 13.5. The lowest BCUT2D eigenvalue weighted by Crippen LogP contribution is -2.36. The number of piperidine rings is 1. The van der Waals surface area contributed by atoms with Crippen LogP contribution in [0.3, 0.4) is 0 Å². The molecule has 3 fully saturated rings. The minimum Gasteiger partial charge on any atom is -0.357 e. The second kappa shape index (κ2) is 12.5. The minimum atomic E-state index is -0.165. The number of rotatable bonds is 12. The van der Waals surface area contributed by atoms with Crippen LogP contribution in [-0.2, 0) is 9.59 Å². The molecule has 1 saturated carbocycles. The van der Waals surface area contributed by atoms with Crippen molar-refractivity contribution in [2.75, 3.05) is 38.1 Å². The summed E-state index contributed by atoms with van der Waals surface area (Å²) in [4.78, 5) is 43.2. The van der Waals surface area contributed by atoms with E-state index in [9.17, 15) is 9.59 Å². The Morgan fingerprint density at radius 3 is 2.67 bits per heavy atom. The summed E-state index contributed by atoms with van der Waals surface area (Å²) in [5.74, 6) is 2.49. The van der Waals surface area contributed by atoms with Gasteiger partial charge in [0.15, 0.2) is 0 Å². The Bertz CT molecular complexity index is 1400. The highest BCUT2D eigenvalue weighted by atomic mass is 16.2. The van der Waals surface area contributed by atoms with Gasteiger partial charge in [-0.2, -0.15) is 0 Å². The highest BCUT2D eigenvalue weighted by Crippen LogP contribution is 2.59. The van der Waals surface area contributed by atoms with Crippen LogP contribution in [0, 0.1) is 11.3 Å². The topological polar surface area (TPSA) is 94.2 Å². The van der Waals surface area contributed by atoms with Crippen molar-refractivity contribution in [1.29, 1.82) is 0 Å². The summed E-state index contributed by atoms with van der Waals surface area (Å²) in [5, 5.41) is 4.50. The van der Waals surface area contributed by atoms with E-state index in [2.05, 4.69) is 57.5 Å². The van der Waals surface area contributed by atoms with E-state index in [1.165, 1.54) is 12.8 Å². The fourth-order valence-electron chi connectivity index (χ4n) is 6.97. The number of aromatic nitrogens is 3. The Morgan fingerprint density at radius 1 is 1.07 bits per heavy atom. The number of pyridine rings is 1. The zero-order valence-electron chi connectivity index (χ0n) is 25.3. The van der Waals surface area contributed by atoms with Gasteiger partial charge in [-0.15, -0.1) is 0 Å². The number of hydrogen-bond acceptors (Lipinski definition) is 6. The molecule has 1 spiro atoms. The van der Waals surface area contributed by atoms with E-state index in [1.807, 2.05) is 13.1 Å². The number of likely N-dealkylation sites (tertiary alicyclic amines) is 1. The van der Waals surface area contributed by atoms with Crippen LogP contribution in [0.25, 0.3) is 22.2 Å². The van der Waals surface area contributed by atoms with Gasteiger partial charge in [0.05, 0.1) is 23.4 Å². The van der Waals surface area contributed by atoms with E-state index in [1.54, 1.807) is 0 Å². The van der Waals surface area contributed by atoms with Crippen LogP contribution in [0.2, 0.25) is 0 Å². The summed E-state index contributed by atoms with van der Waals surface area (Å²) in [5.41, 5.74) is 3.21. The minimum absolute atomic E-state index is 0.115. The molecule has 2 saturated heterocycles. The van der Waals surface area contributed by atoms with Gasteiger partial charge >= 0.3 is 0 Å². The SMILES string of the molecule is CCC(=O)CCCCC[C@H](NC(=O)[C@H]1CC12CCN(C)CC2)c1ncc(-c2ccc3nc(N4CCCC4)ccc3c2)[nH]1. The number of benzene rings is 1. The number of fused-ring (bicyclic) bond motifs is 1. The number of hydrogen-bond donors (Lipinski definition) is 2. The molecule has 2 N–H and O–H groups in total. The summed E-state index contributed by atoms with van der Waals surface area (Å²) in [6, 6.07) is 10.5. The predicted octanol–water partition coefficient (Wildman–Crippen LogP) is 6.04. The van der Waals surface area contributed by atoms with Gasteiger partial charge in [-0.1, -0.05) is 25.8 Å². The lowest BCUT2D eigenvalue weighted by molar-refractivity contribution is -0.124. The molecule has 0 radical (unpaired) electrons. The Labute approximate surface area is 249 Å². The second-order valence-electron chi connectivity index (χ2n) is 12.9. The Hall–Kier alpha value is -3.26. The number of aromatic amines is 1. The third-order valence-corrected chi connectivity index (χ3v) is 9.99. The van der Waals surface area contributed by atoms with Gasteiger partial charge in [-0.3, -0.25) is 9.59 Å². The summed E-state index contributed by atoms with van der Waals surface area (Å²) >= 11 is 0. The van der Waals surface area contributed by atoms with Crippen molar-refractivity contribution in [1.82, 2.24) is 25.2 Å². The van der Waals surface area contributed by atoms with Gasteiger partial charge < -0.3 is 20.1 Å². The molecule has 1 amide bonds. The molecule has 0 bridgehead atoms. The molecule has 3 aromatic rings. The lowest BCUT2D eigenvalue weighted by Gasteiger charge is -2.30. The summed E-state index contributed by atoms with van der Waals surface area (Å²) < 4.78 is 0. The highest BCUT2D eigenvalue weighted by Gasteiger charge is 2.58. The molecule has 2 aromatic heterocycles. The molecule has 1 aromatic carbocycles. The number of nitrogens with zero attached hydrogens (tertiary/aromatic N) is 4. The first-order valence-corrected chi connectivity index (χ1v) is 16.2. The van der Waals surface area contributed by atoms with Crippen LogP contribution in [0.5, 0.6) is 0 Å². The fourth-order valence-corrected chi connectivity index (χ4v) is 6.97. The average Bonchev–Trinajstić information content (AvgIpc) is 3.36. The number of anilines is 1. The van der Waals surface area contributed by atoms with Crippen LogP contribution in [0.15, 0.2) is 36.5 Å². The Kier molecular flexibility index (Phi) is 8.61. The molecule has 3 aliphatic rings. The number of carbonyl (C=O) groups excluding carboxylic acids is 2. The number of H-pyrrole nitrogens is 1. The van der Waals surface area contributed by atoms with Crippen molar-refractivity contribution in [3.63, 3.8) is 0 Å². The first-order chi connectivity index (χ1) is 20.4. The number of carbonyl (C=O) groups is 2. The van der Waals surface area contributed by atoms with Gasteiger partial charge in [-0.25, -0.2) is 9.97 Å². The Morgan fingerprint density at radius 2 is 1.88 bits per heavy atom. The number of nitrogens with one attached hydrogen (secondary N) is 2. The van der Waals surface area contributed by atoms with Crippen LogP contribution in [-0.4, -0.2) is 64.8 Å². The average molecular weight is 571 g/mol. The number of unbranched alkanes of at least 4 members (excludes halogenated alkanes) is 2. The summed E-state index contributed by atoms with van der Waals surface area (Å²) in [6.45, 7) is 6.25. The van der Waals surface area contributed by atoms with Gasteiger partial charge in [0.25, 0.3) is 0 Å². The van der Waals surface area contributed by atoms with Crippen molar-refractivity contribution in [2.24, 2.45) is 11.3 Å². The molecule has 4 heterocycles. The summed E-state index contributed by atoms with van der Waals surface area (Å²) in [6.07, 6.45) is 12.5. The van der Waals surface area contributed by atoms with E-state index in [0.29, 0.717) is 18.6 Å². The van der Waals surface area contributed by atoms with Crippen LogP contribution in [0.1, 0.15) is 89.4 Å². The zero-order chi connectivity index (χ0) is 29.1. The standard InChI is InChI=1S/C34H46N6O2/c1-3-26(41)9-5-4-6-10-29(38-33(42)27-22-34(27)15-19-39(2)20-16-34)32-35-23-30(37-32)25-11-13-28-24(21-25)12-14-31(36-28)40-17-7-8-18-40/h11-14,21,23,27,29H,3-10,15-20,22H2,1-2H3,(H,35,37)(H,38,42)/t27-,29+/m1/s1. The monoisotopic (exact) mass is 570 g/mol. The molecule has 6 rings (SSSR count). The molecular formula is C34H46N6O2. The van der Waals surface area contributed by atoms with Crippen molar-refractivity contribution in [2.45, 2.75) is 83.6 Å². The summed E-state index contributed by atoms with van der Waals surface area (Å²) in [7, 11) is 2.17. The van der Waals surface area contributed by atoms with Crippen molar-refractivity contribution >= 4 is 28.4 Å². The number of imidazole rings is 1. The van der Waals surface area contributed by atoms with E-state index < -0.39 is 0 Å². The van der Waals surface area contributed by atoms with Crippen LogP contribution < -0.4 is 10.2 Å². The maximum Gasteiger partial charge on any atom is 0.224 e. The molecule has 2 atom stereocenters. The number of ketones is 1. The zero-order valence-corrected chi connectivity index (χ0v) is 25.3. The molecule has 8 heteroatoms. The van der Waals surface area contributed by atoms with Crippen molar-refractivity contribution < 1.29 is 9.59 Å². The van der Waals surface area contributed by atoms with E-state index in [-0.39, 0.29) is 23.3 Å². The largest absolute Gasteiger partial charge is 0.357 e. The van der Waals surface area contributed by atoms with Crippen molar-refractivity contribution in [3.05, 3.63) is 42.4 Å². The van der Waals surface area contributed by atoms with Crippen molar-refractivity contribution in [3.8, 4) is 11.3 Å². The first kappa shape index (κ1) is 28.8. The third kappa shape index (κ3) is 6.38. The fraction of sp³-hybridized carbons (Fsp3) is 0.588. The molecule has 0 unspecified atom stereocenters. The normalized spacial score (nSPS) is 20.7. The molecule has 2 aliphatic heterocycles. The van der Waals surface area contributed by atoms with Crippen LogP contribution in [0.4, 0.5) is 5.82 Å². The maximum absolute atomic E-state index is 13.5. The van der Waals surface area contributed by atoms with Gasteiger partial charge in [-0.05, 0) is 94.8 Å². The molecule has 8 nitrogen and oxygen atoms in total. The number of amides is 1. The van der Waals surface area contributed by atoms with Gasteiger partial charge in [0.2, 0.25) is 5.91 Å². The van der Waals surface area contributed by atoms with Crippen LogP contribution >= 0.6 is 0 Å². The molecule has 1 aliphatic carbocycles. The number of Topliss-reactive ketones (excluding diaryl/α,β-unsaturated/α-hetero) is 1. The lowest BCUT2D eigenvalue weighted by atomic mass is 9.91. The van der Waals surface area contributed by atoms with E-state index >= 15 is 0 Å². The highest BCUT2D eigenvalue weighted by molar-refractivity contribution is 5.85. The molecular weight excluding hydrogens is 524 g/mol. The van der Waals surface area contributed by atoms with Gasteiger partial charge in [0.1, 0.15) is 17.4 Å². The first-order valence-electron chi connectivity index (χ1n) is 16.2. The molecule has 224 valence electrons. The molecule has 42 heavy (non-hydrogen) atoms.